The highest BCUT2D eigenvalue weighted by molar-refractivity contribution is 6.34. The first-order valence-electron chi connectivity index (χ1n) is 5.75. The molecule has 21 heavy (non-hydrogen) atoms. The first-order valence-corrected chi connectivity index (χ1v) is 6.13. The number of aromatic nitrogens is 1. The fourth-order valence-electron chi connectivity index (χ4n) is 1.78. The molecule has 0 unspecified atom stereocenters. The van der Waals surface area contributed by atoms with Crippen LogP contribution < -0.4 is 14.8 Å². The second-order valence-corrected chi connectivity index (χ2v) is 4.55. The Balaban J connectivity index is 1.81. The molecule has 1 aromatic heterocycles. The molecule has 1 aliphatic heterocycles. The highest BCUT2D eigenvalue weighted by Crippen LogP contribution is 2.42. The summed E-state index contributed by atoms with van der Waals surface area (Å²) in [7, 11) is 0. The fraction of sp³-hybridized carbons (Fsp3) is 0.0769. The molecular weight excluding hydrogens is 306 g/mol. The smallest absolute Gasteiger partial charge is 0.395 e. The number of fused-ring (bicyclic) bond motifs is 1. The minimum Gasteiger partial charge on any atom is -0.395 e. The number of carbonyl (C=O) groups excluding carboxylic acids is 1. The molecule has 1 N–H and O–H groups in total. The SMILES string of the molecule is O=C(Nc1ccc2c(c1)OC(F)(F)O2)c1ccncc1Cl. The molecule has 0 fully saturated rings. The van der Waals surface area contributed by atoms with Crippen LogP contribution in [-0.4, -0.2) is 17.2 Å². The van der Waals surface area contributed by atoms with Crippen LogP contribution in [0.4, 0.5) is 14.5 Å². The number of nitrogens with zero attached hydrogens (tertiary/aromatic N) is 1. The van der Waals surface area contributed by atoms with Crippen molar-refractivity contribution < 1.29 is 23.0 Å². The maximum Gasteiger partial charge on any atom is 0.586 e. The van der Waals surface area contributed by atoms with Gasteiger partial charge in [0, 0.05) is 24.1 Å². The van der Waals surface area contributed by atoms with Crippen molar-refractivity contribution in [3.05, 3.63) is 47.2 Å². The average molecular weight is 313 g/mol. The Kier molecular flexibility index (Phi) is 3.13. The van der Waals surface area contributed by atoms with Gasteiger partial charge in [0.15, 0.2) is 11.5 Å². The first-order chi connectivity index (χ1) is 9.94. The maximum absolute atomic E-state index is 12.9. The molecule has 0 radical (unpaired) electrons. The Morgan fingerprint density at radius 2 is 2.00 bits per heavy atom. The first kappa shape index (κ1) is 13.6. The van der Waals surface area contributed by atoms with Gasteiger partial charge in [0.25, 0.3) is 5.91 Å². The number of nitrogens with one attached hydrogen (secondary N) is 1. The number of ether oxygens (including phenoxy) is 2. The summed E-state index contributed by atoms with van der Waals surface area (Å²) >= 11 is 5.85. The van der Waals surface area contributed by atoms with Gasteiger partial charge in [-0.15, -0.1) is 8.78 Å². The average Bonchev–Trinajstić information content (AvgIpc) is 2.72. The zero-order valence-corrected chi connectivity index (χ0v) is 11.0. The Morgan fingerprint density at radius 1 is 1.24 bits per heavy atom. The van der Waals surface area contributed by atoms with Crippen molar-refractivity contribution in [2.75, 3.05) is 5.32 Å². The van der Waals surface area contributed by atoms with Crippen LogP contribution in [0.3, 0.4) is 0 Å². The van der Waals surface area contributed by atoms with Crippen molar-refractivity contribution in [2.24, 2.45) is 0 Å². The molecule has 0 spiro atoms. The lowest BCUT2D eigenvalue weighted by Crippen LogP contribution is -2.25. The Morgan fingerprint density at radius 3 is 2.76 bits per heavy atom. The van der Waals surface area contributed by atoms with Crippen molar-refractivity contribution in [3.8, 4) is 11.5 Å². The summed E-state index contributed by atoms with van der Waals surface area (Å²) in [5, 5.41) is 2.71. The molecule has 108 valence electrons. The van der Waals surface area contributed by atoms with E-state index in [1.807, 2.05) is 0 Å². The highest BCUT2D eigenvalue weighted by atomic mass is 35.5. The van der Waals surface area contributed by atoms with Crippen molar-refractivity contribution >= 4 is 23.2 Å². The summed E-state index contributed by atoms with van der Waals surface area (Å²) in [6.45, 7) is 0. The van der Waals surface area contributed by atoms with Crippen LogP contribution in [0.2, 0.25) is 5.02 Å². The van der Waals surface area contributed by atoms with E-state index in [9.17, 15) is 13.6 Å². The molecule has 5 nitrogen and oxygen atoms in total. The van der Waals surface area contributed by atoms with E-state index in [0.29, 0.717) is 0 Å². The van der Waals surface area contributed by atoms with Crippen LogP contribution in [0.25, 0.3) is 0 Å². The number of hydrogen-bond donors (Lipinski definition) is 1. The van der Waals surface area contributed by atoms with Crippen LogP contribution in [0.1, 0.15) is 10.4 Å². The van der Waals surface area contributed by atoms with Gasteiger partial charge in [-0.05, 0) is 18.2 Å². The molecule has 1 aromatic carbocycles. The van der Waals surface area contributed by atoms with Gasteiger partial charge in [0.2, 0.25) is 0 Å². The number of pyridine rings is 1. The third-order valence-corrected chi connectivity index (χ3v) is 2.98. The number of hydrogen-bond acceptors (Lipinski definition) is 4. The quantitative estimate of drug-likeness (QED) is 0.924. The Bertz CT molecular complexity index is 724. The summed E-state index contributed by atoms with van der Waals surface area (Å²) in [5.74, 6) is -0.744. The lowest BCUT2D eigenvalue weighted by atomic mass is 10.2. The maximum atomic E-state index is 12.9. The molecule has 2 heterocycles. The second-order valence-electron chi connectivity index (χ2n) is 4.14. The van der Waals surface area contributed by atoms with Crippen molar-refractivity contribution in [3.63, 3.8) is 0 Å². The molecule has 0 saturated heterocycles. The van der Waals surface area contributed by atoms with Gasteiger partial charge in [0.1, 0.15) is 0 Å². The van der Waals surface area contributed by atoms with Crippen LogP contribution in [-0.2, 0) is 0 Å². The molecular formula is C13H7ClF2N2O3. The summed E-state index contributed by atoms with van der Waals surface area (Å²) in [5.41, 5.74) is 0.489. The number of halogens is 3. The predicted octanol–water partition coefficient (Wildman–Crippen LogP) is 3.31. The minimum absolute atomic E-state index is 0.0973. The summed E-state index contributed by atoms with van der Waals surface area (Å²) in [4.78, 5) is 15.8. The van der Waals surface area contributed by atoms with E-state index in [0.717, 1.165) is 0 Å². The van der Waals surface area contributed by atoms with Crippen LogP contribution in [0.5, 0.6) is 11.5 Å². The molecule has 1 amide bonds. The largest absolute Gasteiger partial charge is 0.586 e. The lowest BCUT2D eigenvalue weighted by Gasteiger charge is -2.07. The Labute approximate surface area is 122 Å². The zero-order chi connectivity index (χ0) is 15.0. The molecule has 1 aliphatic rings. The standard InChI is InChI=1S/C13H7ClF2N2O3/c14-9-6-17-4-3-8(9)12(19)18-7-1-2-10-11(5-7)21-13(15,16)20-10/h1-6H,(H,18,19). The van der Waals surface area contributed by atoms with E-state index in [4.69, 9.17) is 11.6 Å². The van der Waals surface area contributed by atoms with Crippen LogP contribution in [0, 0.1) is 0 Å². The molecule has 8 heteroatoms. The van der Waals surface area contributed by atoms with Gasteiger partial charge in [-0.2, -0.15) is 0 Å². The zero-order valence-electron chi connectivity index (χ0n) is 10.3. The van der Waals surface area contributed by atoms with Gasteiger partial charge in [-0.1, -0.05) is 11.6 Å². The monoisotopic (exact) mass is 312 g/mol. The van der Waals surface area contributed by atoms with E-state index in [1.54, 1.807) is 0 Å². The van der Waals surface area contributed by atoms with Gasteiger partial charge in [0.05, 0.1) is 10.6 Å². The van der Waals surface area contributed by atoms with E-state index in [1.165, 1.54) is 36.7 Å². The topological polar surface area (TPSA) is 60.5 Å². The highest BCUT2D eigenvalue weighted by Gasteiger charge is 2.43. The van der Waals surface area contributed by atoms with Crippen LogP contribution in [0.15, 0.2) is 36.7 Å². The van der Waals surface area contributed by atoms with Crippen LogP contribution >= 0.6 is 11.6 Å². The summed E-state index contributed by atoms with van der Waals surface area (Å²) in [6.07, 6.45) is -0.947. The molecule has 0 aliphatic carbocycles. The van der Waals surface area contributed by atoms with E-state index in [-0.39, 0.29) is 27.8 Å². The van der Waals surface area contributed by atoms with Gasteiger partial charge < -0.3 is 14.8 Å². The summed E-state index contributed by atoms with van der Waals surface area (Å²) in [6, 6.07) is 5.37. The molecule has 0 saturated carbocycles. The fourth-order valence-corrected chi connectivity index (χ4v) is 1.99. The summed E-state index contributed by atoms with van der Waals surface area (Å²) < 4.78 is 34.3. The minimum atomic E-state index is -3.70. The predicted molar refractivity (Wildman–Crippen MR) is 69.8 cm³/mol. The third-order valence-electron chi connectivity index (χ3n) is 2.68. The van der Waals surface area contributed by atoms with Gasteiger partial charge in [-0.3, -0.25) is 9.78 Å². The van der Waals surface area contributed by atoms with E-state index in [2.05, 4.69) is 19.8 Å². The van der Waals surface area contributed by atoms with Gasteiger partial charge >= 0.3 is 6.29 Å². The number of amides is 1. The molecule has 2 aromatic rings. The number of rotatable bonds is 2. The number of carbonyl (C=O) groups is 1. The second kappa shape index (κ2) is 4.85. The number of benzene rings is 1. The normalized spacial score (nSPS) is 14.8. The van der Waals surface area contributed by atoms with Crippen molar-refractivity contribution in [2.45, 2.75) is 6.29 Å². The van der Waals surface area contributed by atoms with Crippen molar-refractivity contribution in [1.82, 2.24) is 4.98 Å². The Hall–Kier alpha value is -2.41. The molecule has 0 atom stereocenters. The van der Waals surface area contributed by atoms with Gasteiger partial charge in [-0.25, -0.2) is 0 Å². The molecule has 3 rings (SSSR count). The third kappa shape index (κ3) is 2.73. The number of anilines is 1. The molecule has 0 bridgehead atoms. The van der Waals surface area contributed by atoms with E-state index < -0.39 is 12.2 Å². The lowest BCUT2D eigenvalue weighted by molar-refractivity contribution is -0.286. The number of alkyl halides is 2. The van der Waals surface area contributed by atoms with Crippen molar-refractivity contribution in [1.29, 1.82) is 0 Å². The van der Waals surface area contributed by atoms with E-state index >= 15 is 0 Å².